The lowest BCUT2D eigenvalue weighted by Crippen LogP contribution is -2.14. The molecule has 0 unspecified atom stereocenters. The fourth-order valence-electron chi connectivity index (χ4n) is 2.48. The first-order valence-electron chi connectivity index (χ1n) is 8.87. The molecule has 6 heteroatoms. The van der Waals surface area contributed by atoms with Crippen molar-refractivity contribution in [2.24, 2.45) is 4.99 Å². The molecule has 2 rings (SSSR count). The van der Waals surface area contributed by atoms with Gasteiger partial charge in [0.05, 0.1) is 17.6 Å². The van der Waals surface area contributed by atoms with E-state index in [2.05, 4.69) is 4.99 Å². The molecule has 0 aliphatic heterocycles. The highest BCUT2D eigenvalue weighted by Gasteiger charge is 2.18. The van der Waals surface area contributed by atoms with Gasteiger partial charge in [-0.3, -0.25) is 0 Å². The van der Waals surface area contributed by atoms with E-state index in [-0.39, 0.29) is 17.2 Å². The summed E-state index contributed by atoms with van der Waals surface area (Å²) in [4.78, 5) is 6.18. The molecule has 0 saturated heterocycles. The van der Waals surface area contributed by atoms with Crippen LogP contribution in [-0.4, -0.2) is 24.8 Å². The molecule has 2 aromatic carbocycles. The highest BCUT2D eigenvalue weighted by Crippen LogP contribution is 2.38. The summed E-state index contributed by atoms with van der Waals surface area (Å²) in [5.74, 6) is 0.804. The van der Waals surface area contributed by atoms with Gasteiger partial charge in [-0.05, 0) is 61.2 Å². The smallest absolute Gasteiger partial charge is 0.267 e. The van der Waals surface area contributed by atoms with Gasteiger partial charge in [0, 0.05) is 18.6 Å². The normalized spacial score (nSPS) is 11.6. The Kier molecular flexibility index (Phi) is 7.19. The van der Waals surface area contributed by atoms with Crippen LogP contribution in [0.5, 0.6) is 11.5 Å². The maximum atomic E-state index is 13.6. The van der Waals surface area contributed by atoms with Crippen molar-refractivity contribution in [3.05, 3.63) is 52.0 Å². The summed E-state index contributed by atoms with van der Waals surface area (Å²) in [5.41, 5.74) is 1.98. The Morgan fingerprint density at radius 3 is 2.48 bits per heavy atom. The van der Waals surface area contributed by atoms with Gasteiger partial charge >= 0.3 is 0 Å². The van der Waals surface area contributed by atoms with Crippen LogP contribution in [0.25, 0.3) is 0 Å². The zero-order valence-electron chi connectivity index (χ0n) is 16.3. The van der Waals surface area contributed by atoms with Gasteiger partial charge < -0.3 is 9.64 Å². The highest BCUT2D eigenvalue weighted by molar-refractivity contribution is 6.31. The number of aryl methyl sites for hydroxylation is 1. The van der Waals surface area contributed by atoms with Gasteiger partial charge in [-0.2, -0.15) is 0 Å². The summed E-state index contributed by atoms with van der Waals surface area (Å²) in [5, 5.41) is 0.632. The Morgan fingerprint density at radius 1 is 1.19 bits per heavy atom. The predicted octanol–water partition coefficient (Wildman–Crippen LogP) is 7.11. The lowest BCUT2D eigenvalue weighted by molar-refractivity contribution is 0.148. The topological polar surface area (TPSA) is 24.8 Å². The first-order chi connectivity index (χ1) is 12.7. The monoisotopic (exact) mass is 394 g/mol. The zero-order valence-corrected chi connectivity index (χ0v) is 17.0. The predicted molar refractivity (Wildman–Crippen MR) is 108 cm³/mol. The number of ether oxygens (including phenoxy) is 1. The van der Waals surface area contributed by atoms with E-state index in [0.29, 0.717) is 16.5 Å². The van der Waals surface area contributed by atoms with E-state index in [9.17, 15) is 8.78 Å². The summed E-state index contributed by atoms with van der Waals surface area (Å²) in [6.07, 6.45) is -1.04. The largest absolute Gasteiger partial charge is 0.457 e. The molecule has 146 valence electrons. The minimum atomic E-state index is -2.67. The molecule has 0 aliphatic rings. The number of aliphatic imine (C=N–C) groups is 1. The summed E-state index contributed by atoms with van der Waals surface area (Å²) in [6.45, 7) is 8.61. The van der Waals surface area contributed by atoms with Gasteiger partial charge in [-0.1, -0.05) is 25.4 Å². The number of benzene rings is 2. The van der Waals surface area contributed by atoms with Crippen molar-refractivity contribution < 1.29 is 13.5 Å². The Hall–Kier alpha value is -2.14. The molecule has 27 heavy (non-hydrogen) atoms. The van der Waals surface area contributed by atoms with Crippen molar-refractivity contribution in [1.82, 2.24) is 4.90 Å². The molecule has 3 nitrogen and oxygen atoms in total. The van der Waals surface area contributed by atoms with E-state index in [0.717, 1.165) is 17.7 Å². The molecule has 0 bridgehead atoms. The summed E-state index contributed by atoms with van der Waals surface area (Å²) in [7, 11) is 1.87. The molecule has 0 radical (unpaired) electrons. The van der Waals surface area contributed by atoms with Gasteiger partial charge in [0.2, 0.25) is 0 Å². The van der Waals surface area contributed by atoms with E-state index in [1.165, 1.54) is 6.07 Å². The third kappa shape index (κ3) is 5.42. The summed E-state index contributed by atoms with van der Waals surface area (Å²) >= 11 is 6.20. The fourth-order valence-corrected chi connectivity index (χ4v) is 2.82. The van der Waals surface area contributed by atoms with Crippen LogP contribution in [0.4, 0.5) is 14.5 Å². The van der Waals surface area contributed by atoms with E-state index in [1.807, 2.05) is 39.6 Å². The van der Waals surface area contributed by atoms with Gasteiger partial charge in [0.1, 0.15) is 11.5 Å². The Bertz CT molecular complexity index is 822. The molecular formula is C21H25ClF2N2O. The first kappa shape index (κ1) is 21.2. The van der Waals surface area contributed by atoms with E-state index in [1.54, 1.807) is 30.6 Å². The maximum Gasteiger partial charge on any atom is 0.267 e. The average Bonchev–Trinajstić information content (AvgIpc) is 2.61. The van der Waals surface area contributed by atoms with Crippen LogP contribution in [0.3, 0.4) is 0 Å². The zero-order chi connectivity index (χ0) is 20.1. The molecule has 0 aromatic heterocycles. The Balaban J connectivity index is 2.41. The Labute approximate surface area is 164 Å². The standard InChI is InChI=1S/C21H25ClF2N2O/c1-6-26(5)12-25-19-11-17(21(23)24)20(9-14(19)4)27-15-7-8-18(22)16(10-15)13(2)3/h7-13,21H,6H2,1-5H3/b25-12-. The number of halogens is 3. The molecule has 2 aromatic rings. The van der Waals surface area contributed by atoms with Crippen molar-refractivity contribution in [2.45, 2.75) is 40.0 Å². The average molecular weight is 395 g/mol. The van der Waals surface area contributed by atoms with Crippen LogP contribution < -0.4 is 4.74 Å². The van der Waals surface area contributed by atoms with Crippen LogP contribution in [0.15, 0.2) is 35.3 Å². The summed E-state index contributed by atoms with van der Waals surface area (Å²) in [6, 6.07) is 8.18. The second-order valence-electron chi connectivity index (χ2n) is 6.74. The molecule has 0 atom stereocenters. The fraction of sp³-hybridized carbons (Fsp3) is 0.381. The first-order valence-corrected chi connectivity index (χ1v) is 9.25. The molecule has 0 aliphatic carbocycles. The molecule has 0 saturated carbocycles. The second kappa shape index (κ2) is 9.18. The second-order valence-corrected chi connectivity index (χ2v) is 7.14. The molecular weight excluding hydrogens is 370 g/mol. The lowest BCUT2D eigenvalue weighted by atomic mass is 10.0. The van der Waals surface area contributed by atoms with Crippen LogP contribution in [0.1, 0.15) is 49.8 Å². The molecule has 0 N–H and O–H groups in total. The van der Waals surface area contributed by atoms with E-state index < -0.39 is 6.43 Å². The van der Waals surface area contributed by atoms with Gasteiger partial charge in [-0.25, -0.2) is 13.8 Å². The van der Waals surface area contributed by atoms with Crippen molar-refractivity contribution in [1.29, 1.82) is 0 Å². The van der Waals surface area contributed by atoms with Gasteiger partial charge in [0.25, 0.3) is 6.43 Å². The SMILES string of the molecule is CCN(C)/C=N\c1cc(C(F)F)c(Oc2ccc(Cl)c(C(C)C)c2)cc1C. The number of alkyl halides is 2. The molecule has 0 spiro atoms. The van der Waals surface area contributed by atoms with E-state index in [4.69, 9.17) is 16.3 Å². The van der Waals surface area contributed by atoms with Crippen molar-refractivity contribution in [2.75, 3.05) is 13.6 Å². The minimum absolute atomic E-state index is 0.127. The number of rotatable bonds is 7. The third-order valence-electron chi connectivity index (χ3n) is 4.27. The van der Waals surface area contributed by atoms with Gasteiger partial charge in [0.15, 0.2) is 0 Å². The van der Waals surface area contributed by atoms with Crippen molar-refractivity contribution in [3.8, 4) is 11.5 Å². The van der Waals surface area contributed by atoms with Crippen molar-refractivity contribution >= 4 is 23.6 Å². The lowest BCUT2D eigenvalue weighted by Gasteiger charge is -2.16. The minimum Gasteiger partial charge on any atom is -0.457 e. The quantitative estimate of drug-likeness (QED) is 0.369. The van der Waals surface area contributed by atoms with E-state index >= 15 is 0 Å². The highest BCUT2D eigenvalue weighted by atomic mass is 35.5. The number of hydrogen-bond donors (Lipinski definition) is 0. The third-order valence-corrected chi connectivity index (χ3v) is 4.62. The van der Waals surface area contributed by atoms with Gasteiger partial charge in [-0.15, -0.1) is 0 Å². The van der Waals surface area contributed by atoms with Crippen LogP contribution >= 0.6 is 11.6 Å². The van der Waals surface area contributed by atoms with Crippen LogP contribution in [-0.2, 0) is 0 Å². The molecule has 0 fully saturated rings. The summed E-state index contributed by atoms with van der Waals surface area (Å²) < 4.78 is 33.0. The van der Waals surface area contributed by atoms with Crippen molar-refractivity contribution in [3.63, 3.8) is 0 Å². The Morgan fingerprint density at radius 2 is 1.89 bits per heavy atom. The maximum absolute atomic E-state index is 13.6. The molecule has 0 amide bonds. The van der Waals surface area contributed by atoms with Crippen LogP contribution in [0, 0.1) is 6.92 Å². The molecule has 0 heterocycles. The van der Waals surface area contributed by atoms with Crippen LogP contribution in [0.2, 0.25) is 5.02 Å². The number of nitrogens with zero attached hydrogens (tertiary/aromatic N) is 2. The number of hydrogen-bond acceptors (Lipinski definition) is 2.